The van der Waals surface area contributed by atoms with Crippen LogP contribution in [0.3, 0.4) is 0 Å². The Balaban J connectivity index is 2.32. The van der Waals surface area contributed by atoms with E-state index in [1.54, 1.807) is 12.1 Å². The van der Waals surface area contributed by atoms with Gasteiger partial charge in [0.2, 0.25) is 10.0 Å². The number of ether oxygens (including phenoxy) is 1. The number of methoxy groups -OCH3 is 1. The van der Waals surface area contributed by atoms with Crippen molar-refractivity contribution in [2.45, 2.75) is 24.7 Å². The standard InChI is InChI=1S/C14H19NO4S/c1-11-5-4-8-15(10-11)20(17,18)13-7-3-6-12(9-13)14(16)19-2/h3,6-7,9,11H,4-5,8,10H2,1-2H3/t11-/m0/s1. The molecule has 110 valence electrons. The molecule has 1 saturated heterocycles. The van der Waals surface area contributed by atoms with E-state index in [0.29, 0.717) is 19.0 Å². The predicted molar refractivity (Wildman–Crippen MR) is 74.9 cm³/mol. The van der Waals surface area contributed by atoms with Gasteiger partial charge in [0.25, 0.3) is 0 Å². The number of carbonyl (C=O) groups excluding carboxylic acids is 1. The van der Waals surface area contributed by atoms with Crippen molar-refractivity contribution in [1.82, 2.24) is 4.31 Å². The molecule has 0 N–H and O–H groups in total. The molecule has 0 unspecified atom stereocenters. The monoisotopic (exact) mass is 297 g/mol. The lowest BCUT2D eigenvalue weighted by Gasteiger charge is -2.30. The molecule has 0 saturated carbocycles. The highest BCUT2D eigenvalue weighted by molar-refractivity contribution is 7.89. The van der Waals surface area contributed by atoms with Gasteiger partial charge in [-0.05, 0) is 37.0 Å². The first-order chi connectivity index (χ1) is 9.45. The first-order valence-corrected chi connectivity index (χ1v) is 8.07. The molecular formula is C14H19NO4S. The van der Waals surface area contributed by atoms with Crippen molar-refractivity contribution in [3.05, 3.63) is 29.8 Å². The summed E-state index contributed by atoms with van der Waals surface area (Å²) < 4.78 is 31.3. The third kappa shape index (κ3) is 3.02. The van der Waals surface area contributed by atoms with Crippen LogP contribution in [0.2, 0.25) is 0 Å². The SMILES string of the molecule is COC(=O)c1cccc(S(=O)(=O)N2CCC[C@H](C)C2)c1. The first kappa shape index (κ1) is 15.0. The van der Waals surface area contributed by atoms with Gasteiger partial charge in [-0.3, -0.25) is 0 Å². The maximum atomic E-state index is 12.6. The zero-order chi connectivity index (χ0) is 14.8. The van der Waals surface area contributed by atoms with Crippen LogP contribution < -0.4 is 0 Å². The molecule has 0 bridgehead atoms. The van der Waals surface area contributed by atoms with Gasteiger partial charge in [0.05, 0.1) is 17.6 Å². The summed E-state index contributed by atoms with van der Waals surface area (Å²) in [4.78, 5) is 11.6. The number of piperidine rings is 1. The van der Waals surface area contributed by atoms with Gasteiger partial charge < -0.3 is 4.74 Å². The Kier molecular flexibility index (Phi) is 4.45. The number of sulfonamides is 1. The minimum Gasteiger partial charge on any atom is -0.465 e. The third-order valence-corrected chi connectivity index (χ3v) is 5.37. The van der Waals surface area contributed by atoms with E-state index in [1.807, 2.05) is 6.92 Å². The van der Waals surface area contributed by atoms with Crippen LogP contribution >= 0.6 is 0 Å². The normalized spacial score (nSPS) is 20.6. The number of rotatable bonds is 3. The van der Waals surface area contributed by atoms with Crippen LogP contribution in [-0.2, 0) is 14.8 Å². The number of hydrogen-bond acceptors (Lipinski definition) is 4. The van der Waals surface area contributed by atoms with E-state index in [-0.39, 0.29) is 10.5 Å². The van der Waals surface area contributed by atoms with Crippen LogP contribution in [0.15, 0.2) is 29.2 Å². The Bertz CT molecular complexity index is 597. The highest BCUT2D eigenvalue weighted by atomic mass is 32.2. The van der Waals surface area contributed by atoms with Crippen molar-refractivity contribution in [2.24, 2.45) is 5.92 Å². The van der Waals surface area contributed by atoms with E-state index in [2.05, 4.69) is 4.74 Å². The van der Waals surface area contributed by atoms with Crippen LogP contribution in [0.4, 0.5) is 0 Å². The smallest absolute Gasteiger partial charge is 0.337 e. The summed E-state index contributed by atoms with van der Waals surface area (Å²) in [6.07, 6.45) is 1.92. The van der Waals surface area contributed by atoms with Crippen molar-refractivity contribution < 1.29 is 17.9 Å². The van der Waals surface area contributed by atoms with Crippen molar-refractivity contribution >= 4 is 16.0 Å². The summed E-state index contributed by atoms with van der Waals surface area (Å²) in [5.41, 5.74) is 0.249. The summed E-state index contributed by atoms with van der Waals surface area (Å²) >= 11 is 0. The largest absolute Gasteiger partial charge is 0.465 e. The second-order valence-corrected chi connectivity index (χ2v) is 7.07. The summed E-state index contributed by atoms with van der Waals surface area (Å²) in [5.74, 6) is -0.170. The second kappa shape index (κ2) is 5.93. The minimum absolute atomic E-state index is 0.148. The number of hydrogen-bond donors (Lipinski definition) is 0. The zero-order valence-electron chi connectivity index (χ0n) is 11.7. The fraction of sp³-hybridized carbons (Fsp3) is 0.500. The van der Waals surface area contributed by atoms with Gasteiger partial charge in [-0.2, -0.15) is 4.31 Å². The second-order valence-electron chi connectivity index (χ2n) is 5.13. The van der Waals surface area contributed by atoms with E-state index < -0.39 is 16.0 Å². The molecule has 2 rings (SSSR count). The van der Waals surface area contributed by atoms with Crippen LogP contribution in [0, 0.1) is 5.92 Å². The topological polar surface area (TPSA) is 63.7 Å². The zero-order valence-corrected chi connectivity index (χ0v) is 12.5. The molecule has 1 aromatic carbocycles. The number of nitrogens with zero attached hydrogens (tertiary/aromatic N) is 1. The van der Waals surface area contributed by atoms with E-state index >= 15 is 0 Å². The molecule has 20 heavy (non-hydrogen) atoms. The Morgan fingerprint density at radius 3 is 2.80 bits per heavy atom. The van der Waals surface area contributed by atoms with Gasteiger partial charge in [0.1, 0.15) is 0 Å². The molecule has 0 aromatic heterocycles. The van der Waals surface area contributed by atoms with Gasteiger partial charge in [-0.25, -0.2) is 13.2 Å². The molecule has 1 fully saturated rings. The Hall–Kier alpha value is -1.40. The third-order valence-electron chi connectivity index (χ3n) is 3.51. The van der Waals surface area contributed by atoms with Crippen molar-refractivity contribution in [1.29, 1.82) is 0 Å². The quantitative estimate of drug-likeness (QED) is 0.799. The molecule has 1 heterocycles. The molecule has 1 aliphatic rings. The summed E-state index contributed by atoms with van der Waals surface area (Å²) in [7, 11) is -2.26. The maximum absolute atomic E-state index is 12.6. The first-order valence-electron chi connectivity index (χ1n) is 6.63. The molecule has 5 nitrogen and oxygen atoms in total. The van der Waals surface area contributed by atoms with Crippen LogP contribution in [0.25, 0.3) is 0 Å². The molecule has 1 aromatic rings. The van der Waals surface area contributed by atoms with Crippen LogP contribution in [0.5, 0.6) is 0 Å². The van der Waals surface area contributed by atoms with Gasteiger partial charge in [-0.1, -0.05) is 13.0 Å². The van der Waals surface area contributed by atoms with Crippen LogP contribution in [-0.4, -0.2) is 38.9 Å². The lowest BCUT2D eigenvalue weighted by atomic mass is 10.0. The Morgan fingerprint density at radius 2 is 2.15 bits per heavy atom. The van der Waals surface area contributed by atoms with E-state index in [0.717, 1.165) is 12.8 Å². The van der Waals surface area contributed by atoms with Crippen molar-refractivity contribution in [2.75, 3.05) is 20.2 Å². The summed E-state index contributed by atoms with van der Waals surface area (Å²) in [5, 5.41) is 0. The Morgan fingerprint density at radius 1 is 1.40 bits per heavy atom. The molecule has 1 atom stereocenters. The highest BCUT2D eigenvalue weighted by Crippen LogP contribution is 2.24. The summed E-state index contributed by atoms with van der Waals surface area (Å²) in [6, 6.07) is 6.00. The van der Waals surface area contributed by atoms with Gasteiger partial charge in [0, 0.05) is 13.1 Å². The van der Waals surface area contributed by atoms with Gasteiger partial charge in [0.15, 0.2) is 0 Å². The lowest BCUT2D eigenvalue weighted by molar-refractivity contribution is 0.0600. The highest BCUT2D eigenvalue weighted by Gasteiger charge is 2.29. The fourth-order valence-electron chi connectivity index (χ4n) is 2.42. The van der Waals surface area contributed by atoms with Crippen LogP contribution in [0.1, 0.15) is 30.1 Å². The lowest BCUT2D eigenvalue weighted by Crippen LogP contribution is -2.39. The Labute approximate surface area is 119 Å². The minimum atomic E-state index is -3.53. The maximum Gasteiger partial charge on any atom is 0.337 e. The molecule has 1 aliphatic heterocycles. The van der Waals surface area contributed by atoms with E-state index in [9.17, 15) is 13.2 Å². The van der Waals surface area contributed by atoms with E-state index in [1.165, 1.54) is 23.5 Å². The molecule has 0 aliphatic carbocycles. The predicted octanol–water partition coefficient (Wildman–Crippen LogP) is 1.89. The van der Waals surface area contributed by atoms with Gasteiger partial charge in [-0.15, -0.1) is 0 Å². The number of esters is 1. The molecule has 6 heteroatoms. The average Bonchev–Trinajstić information content (AvgIpc) is 2.46. The average molecular weight is 297 g/mol. The molecule has 0 amide bonds. The van der Waals surface area contributed by atoms with E-state index in [4.69, 9.17) is 0 Å². The fourth-order valence-corrected chi connectivity index (χ4v) is 4.06. The molecular weight excluding hydrogens is 278 g/mol. The number of carbonyl (C=O) groups is 1. The summed E-state index contributed by atoms with van der Waals surface area (Å²) in [6.45, 7) is 3.12. The molecule has 0 spiro atoms. The number of benzene rings is 1. The van der Waals surface area contributed by atoms with Gasteiger partial charge >= 0.3 is 5.97 Å². The van der Waals surface area contributed by atoms with Crippen molar-refractivity contribution in [3.8, 4) is 0 Å². The van der Waals surface area contributed by atoms with Crippen molar-refractivity contribution in [3.63, 3.8) is 0 Å². The molecule has 0 radical (unpaired) electrons.